The van der Waals surface area contributed by atoms with Gasteiger partial charge in [-0.3, -0.25) is 0 Å². The number of hydrogen-bond acceptors (Lipinski definition) is 4. The summed E-state index contributed by atoms with van der Waals surface area (Å²) >= 11 is 0. The smallest absolute Gasteiger partial charge is 0.163 e. The minimum Gasteiger partial charge on any atom is -0.497 e. The van der Waals surface area contributed by atoms with E-state index in [1.54, 1.807) is 14.2 Å². The highest BCUT2D eigenvalue weighted by molar-refractivity contribution is 5.55. The number of ether oxygens (including phenoxy) is 3. The first-order valence-corrected chi connectivity index (χ1v) is 6.94. The first kappa shape index (κ1) is 15.0. The molecule has 0 aliphatic rings. The SMILES string of the molecule is CCOc1cc(NCc2cccc(OC)c2)ccc1OC. The van der Waals surface area contributed by atoms with Gasteiger partial charge in [0.25, 0.3) is 0 Å². The Morgan fingerprint density at radius 2 is 1.81 bits per heavy atom. The maximum absolute atomic E-state index is 5.57. The minimum atomic E-state index is 0.607. The molecule has 0 saturated heterocycles. The van der Waals surface area contributed by atoms with Crippen LogP contribution in [-0.4, -0.2) is 20.8 Å². The maximum atomic E-state index is 5.57. The lowest BCUT2D eigenvalue weighted by Gasteiger charge is -2.12. The summed E-state index contributed by atoms with van der Waals surface area (Å²) < 4.78 is 16.1. The van der Waals surface area contributed by atoms with Crippen molar-refractivity contribution in [3.63, 3.8) is 0 Å². The van der Waals surface area contributed by atoms with Crippen LogP contribution in [-0.2, 0) is 6.54 Å². The predicted molar refractivity (Wildman–Crippen MR) is 84.5 cm³/mol. The molecule has 2 aromatic rings. The summed E-state index contributed by atoms with van der Waals surface area (Å²) in [5.41, 5.74) is 2.14. The van der Waals surface area contributed by atoms with Crippen molar-refractivity contribution < 1.29 is 14.2 Å². The van der Waals surface area contributed by atoms with Crippen molar-refractivity contribution in [2.75, 3.05) is 26.1 Å². The minimum absolute atomic E-state index is 0.607. The second-order valence-electron chi connectivity index (χ2n) is 4.50. The van der Waals surface area contributed by atoms with Crippen LogP contribution in [0.5, 0.6) is 17.2 Å². The number of rotatable bonds is 7. The fourth-order valence-corrected chi connectivity index (χ4v) is 2.04. The monoisotopic (exact) mass is 287 g/mol. The van der Waals surface area contributed by atoms with Crippen LogP contribution < -0.4 is 19.5 Å². The van der Waals surface area contributed by atoms with Gasteiger partial charge in [-0.1, -0.05) is 12.1 Å². The highest BCUT2D eigenvalue weighted by Crippen LogP contribution is 2.30. The van der Waals surface area contributed by atoms with E-state index in [2.05, 4.69) is 11.4 Å². The van der Waals surface area contributed by atoms with E-state index >= 15 is 0 Å². The molecule has 21 heavy (non-hydrogen) atoms. The summed E-state index contributed by atoms with van der Waals surface area (Å²) in [7, 11) is 3.31. The maximum Gasteiger partial charge on any atom is 0.163 e. The van der Waals surface area contributed by atoms with Gasteiger partial charge in [0, 0.05) is 18.3 Å². The van der Waals surface area contributed by atoms with E-state index in [0.717, 1.165) is 35.0 Å². The van der Waals surface area contributed by atoms with Gasteiger partial charge in [0.1, 0.15) is 5.75 Å². The summed E-state index contributed by atoms with van der Waals surface area (Å²) in [4.78, 5) is 0. The summed E-state index contributed by atoms with van der Waals surface area (Å²) in [6, 6.07) is 13.8. The lowest BCUT2D eigenvalue weighted by Crippen LogP contribution is -2.01. The van der Waals surface area contributed by atoms with Gasteiger partial charge in [0.2, 0.25) is 0 Å². The van der Waals surface area contributed by atoms with Gasteiger partial charge in [-0.25, -0.2) is 0 Å². The van der Waals surface area contributed by atoms with E-state index in [1.165, 1.54) is 0 Å². The normalized spacial score (nSPS) is 10.0. The number of methoxy groups -OCH3 is 2. The highest BCUT2D eigenvalue weighted by Gasteiger charge is 2.05. The van der Waals surface area contributed by atoms with Gasteiger partial charge in [0.05, 0.1) is 20.8 Å². The van der Waals surface area contributed by atoms with Crippen LogP contribution in [0.25, 0.3) is 0 Å². The molecule has 112 valence electrons. The van der Waals surface area contributed by atoms with Crippen molar-refractivity contribution in [3.8, 4) is 17.2 Å². The molecule has 0 atom stereocenters. The molecule has 2 aromatic carbocycles. The van der Waals surface area contributed by atoms with E-state index in [4.69, 9.17) is 14.2 Å². The van der Waals surface area contributed by atoms with Crippen LogP contribution in [0.3, 0.4) is 0 Å². The third kappa shape index (κ3) is 4.05. The van der Waals surface area contributed by atoms with E-state index < -0.39 is 0 Å². The van der Waals surface area contributed by atoms with Gasteiger partial charge < -0.3 is 19.5 Å². The molecule has 0 bridgehead atoms. The Morgan fingerprint density at radius 3 is 2.52 bits per heavy atom. The fraction of sp³-hybridized carbons (Fsp3) is 0.294. The van der Waals surface area contributed by atoms with Crippen molar-refractivity contribution in [1.82, 2.24) is 0 Å². The first-order chi connectivity index (χ1) is 10.3. The van der Waals surface area contributed by atoms with Crippen LogP contribution >= 0.6 is 0 Å². The second-order valence-corrected chi connectivity index (χ2v) is 4.50. The molecule has 0 amide bonds. The van der Waals surface area contributed by atoms with Gasteiger partial charge in [0.15, 0.2) is 11.5 Å². The molecular formula is C17H21NO3. The molecular weight excluding hydrogens is 266 g/mol. The van der Waals surface area contributed by atoms with Gasteiger partial charge in [-0.2, -0.15) is 0 Å². The van der Waals surface area contributed by atoms with Crippen LogP contribution in [0.2, 0.25) is 0 Å². The van der Waals surface area contributed by atoms with E-state index in [-0.39, 0.29) is 0 Å². The molecule has 4 nitrogen and oxygen atoms in total. The Kier molecular flexibility index (Phi) is 5.32. The second kappa shape index (κ2) is 7.43. The molecule has 0 aliphatic heterocycles. The van der Waals surface area contributed by atoms with E-state index in [0.29, 0.717) is 6.61 Å². The van der Waals surface area contributed by atoms with Crippen LogP contribution in [0.4, 0.5) is 5.69 Å². The lowest BCUT2D eigenvalue weighted by molar-refractivity contribution is 0.311. The Hall–Kier alpha value is -2.36. The molecule has 0 radical (unpaired) electrons. The lowest BCUT2D eigenvalue weighted by atomic mass is 10.2. The zero-order chi connectivity index (χ0) is 15.1. The predicted octanol–water partition coefficient (Wildman–Crippen LogP) is 3.71. The Balaban J connectivity index is 2.07. The van der Waals surface area contributed by atoms with Crippen LogP contribution in [0.1, 0.15) is 12.5 Å². The highest BCUT2D eigenvalue weighted by atomic mass is 16.5. The van der Waals surface area contributed by atoms with Gasteiger partial charge >= 0.3 is 0 Å². The largest absolute Gasteiger partial charge is 0.497 e. The summed E-state index contributed by atoms with van der Waals surface area (Å²) in [5.74, 6) is 2.35. The third-order valence-corrected chi connectivity index (χ3v) is 3.09. The quantitative estimate of drug-likeness (QED) is 0.842. The molecule has 0 unspecified atom stereocenters. The first-order valence-electron chi connectivity index (χ1n) is 6.94. The van der Waals surface area contributed by atoms with Crippen LogP contribution in [0.15, 0.2) is 42.5 Å². The molecule has 0 aromatic heterocycles. The van der Waals surface area contributed by atoms with E-state index in [1.807, 2.05) is 43.3 Å². The number of nitrogens with one attached hydrogen (secondary N) is 1. The fourth-order valence-electron chi connectivity index (χ4n) is 2.04. The molecule has 0 saturated carbocycles. The zero-order valence-electron chi connectivity index (χ0n) is 12.7. The van der Waals surface area contributed by atoms with Gasteiger partial charge in [-0.15, -0.1) is 0 Å². The average molecular weight is 287 g/mol. The molecule has 2 rings (SSSR count). The third-order valence-electron chi connectivity index (χ3n) is 3.09. The van der Waals surface area contributed by atoms with Gasteiger partial charge in [-0.05, 0) is 36.8 Å². The molecule has 0 heterocycles. The van der Waals surface area contributed by atoms with E-state index in [9.17, 15) is 0 Å². The van der Waals surface area contributed by atoms with Crippen molar-refractivity contribution in [3.05, 3.63) is 48.0 Å². The van der Waals surface area contributed by atoms with Crippen molar-refractivity contribution in [1.29, 1.82) is 0 Å². The Morgan fingerprint density at radius 1 is 0.952 bits per heavy atom. The van der Waals surface area contributed by atoms with Crippen molar-refractivity contribution in [2.45, 2.75) is 13.5 Å². The zero-order valence-corrected chi connectivity index (χ0v) is 12.7. The molecule has 0 spiro atoms. The standard InChI is InChI=1S/C17H21NO3/c1-4-21-17-11-14(8-9-16(17)20-3)18-12-13-6-5-7-15(10-13)19-2/h5-11,18H,4,12H2,1-3H3. The Labute approximate surface area is 125 Å². The Bertz CT molecular complexity index is 584. The summed E-state index contributed by atoms with van der Waals surface area (Å²) in [5, 5.41) is 3.37. The molecule has 0 aliphatic carbocycles. The van der Waals surface area contributed by atoms with Crippen molar-refractivity contribution >= 4 is 5.69 Å². The molecule has 0 fully saturated rings. The number of hydrogen-bond donors (Lipinski definition) is 1. The van der Waals surface area contributed by atoms with Crippen molar-refractivity contribution in [2.24, 2.45) is 0 Å². The topological polar surface area (TPSA) is 39.7 Å². The number of anilines is 1. The molecule has 4 heteroatoms. The molecule has 1 N–H and O–H groups in total. The summed E-state index contributed by atoms with van der Waals surface area (Å²) in [6.45, 7) is 3.28. The van der Waals surface area contributed by atoms with Crippen LogP contribution in [0, 0.1) is 0 Å². The number of benzene rings is 2. The summed E-state index contributed by atoms with van der Waals surface area (Å²) in [6.07, 6.45) is 0. The average Bonchev–Trinajstić information content (AvgIpc) is 2.53.